The largest absolute Gasteiger partial charge is 0.481 e. The Morgan fingerprint density at radius 2 is 1.83 bits per heavy atom. The van der Waals surface area contributed by atoms with E-state index in [0.29, 0.717) is 12.8 Å². The van der Waals surface area contributed by atoms with Gasteiger partial charge in [-0.25, -0.2) is 0 Å². The fourth-order valence-corrected chi connectivity index (χ4v) is 3.00. The van der Waals surface area contributed by atoms with Gasteiger partial charge in [-0.05, 0) is 31.8 Å². The summed E-state index contributed by atoms with van der Waals surface area (Å²) in [5.41, 5.74) is -2.54. The molecule has 0 saturated carbocycles. The molecule has 2 aliphatic rings. The molecule has 2 rings (SSSR count). The van der Waals surface area contributed by atoms with Crippen LogP contribution in [0.4, 0.5) is 26.3 Å². The molecule has 9 heteroatoms. The molecule has 0 aromatic heterocycles. The number of halogens is 6. The van der Waals surface area contributed by atoms with Crippen molar-refractivity contribution >= 4 is 5.97 Å². The maximum absolute atomic E-state index is 12.9. The number of allylic oxidation sites excluding steroid dienone is 3. The number of hydrogen-bond donors (Lipinski definition) is 1. The van der Waals surface area contributed by atoms with Crippen molar-refractivity contribution in [2.75, 3.05) is 0 Å². The maximum atomic E-state index is 12.9. The first-order chi connectivity index (χ1) is 11.0. The Morgan fingerprint density at radius 3 is 2.38 bits per heavy atom. The van der Waals surface area contributed by atoms with Crippen LogP contribution in [0.1, 0.15) is 32.1 Å². The van der Waals surface area contributed by atoms with E-state index in [1.165, 1.54) is 0 Å². The van der Waals surface area contributed by atoms with Crippen molar-refractivity contribution in [1.29, 1.82) is 0 Å². The van der Waals surface area contributed by atoms with Crippen LogP contribution < -0.4 is 0 Å². The van der Waals surface area contributed by atoms with Crippen molar-refractivity contribution < 1.29 is 41.0 Å². The Kier molecular flexibility index (Phi) is 5.31. The summed E-state index contributed by atoms with van der Waals surface area (Å²) in [6, 6.07) is 0. The van der Waals surface area contributed by atoms with Crippen molar-refractivity contribution in [3.8, 4) is 0 Å². The molecule has 1 aliphatic heterocycles. The molecule has 3 nitrogen and oxygen atoms in total. The second-order valence-electron chi connectivity index (χ2n) is 5.96. The van der Waals surface area contributed by atoms with Gasteiger partial charge in [-0.2, -0.15) is 26.3 Å². The van der Waals surface area contributed by atoms with Crippen molar-refractivity contribution in [2.24, 2.45) is 5.92 Å². The third-order valence-electron chi connectivity index (χ3n) is 4.17. The van der Waals surface area contributed by atoms with Gasteiger partial charge < -0.3 is 9.84 Å². The van der Waals surface area contributed by atoms with E-state index in [9.17, 15) is 31.1 Å². The predicted molar refractivity (Wildman–Crippen MR) is 71.1 cm³/mol. The molecule has 1 unspecified atom stereocenters. The summed E-state index contributed by atoms with van der Waals surface area (Å²) in [7, 11) is 0. The van der Waals surface area contributed by atoms with Crippen LogP contribution in [-0.4, -0.2) is 35.6 Å². The van der Waals surface area contributed by atoms with Crippen LogP contribution in [0.5, 0.6) is 0 Å². The minimum absolute atomic E-state index is 0.146. The van der Waals surface area contributed by atoms with Crippen molar-refractivity contribution in [1.82, 2.24) is 0 Å². The summed E-state index contributed by atoms with van der Waals surface area (Å²) in [6.07, 6.45) is -9.78. The minimum Gasteiger partial charge on any atom is -0.481 e. The molecule has 0 spiro atoms. The Bertz CT molecular complexity index is 546. The maximum Gasteiger partial charge on any atom is 0.416 e. The highest BCUT2D eigenvalue weighted by atomic mass is 19.4. The number of aliphatic carboxylic acids is 1. The molecule has 0 amide bonds. The lowest BCUT2D eigenvalue weighted by Gasteiger charge is -2.28. The number of carboxylic acid groups (broad SMARTS) is 1. The van der Waals surface area contributed by atoms with Gasteiger partial charge >= 0.3 is 18.3 Å². The average molecular weight is 358 g/mol. The van der Waals surface area contributed by atoms with E-state index in [4.69, 9.17) is 9.84 Å². The van der Waals surface area contributed by atoms with Gasteiger partial charge in [0.25, 0.3) is 0 Å². The van der Waals surface area contributed by atoms with Gasteiger partial charge in [0.1, 0.15) is 0 Å². The van der Waals surface area contributed by atoms with Crippen molar-refractivity contribution in [3.63, 3.8) is 0 Å². The third-order valence-corrected chi connectivity index (χ3v) is 4.17. The Balaban J connectivity index is 2.12. The first-order valence-electron chi connectivity index (χ1n) is 7.41. The Labute approximate surface area is 134 Å². The quantitative estimate of drug-likeness (QED) is 0.758. The number of alkyl halides is 6. The molecule has 1 heterocycles. The van der Waals surface area contributed by atoms with Gasteiger partial charge in [0.05, 0.1) is 17.8 Å². The number of rotatable bonds is 4. The molecule has 1 fully saturated rings. The molecule has 24 heavy (non-hydrogen) atoms. The van der Waals surface area contributed by atoms with E-state index < -0.39 is 54.0 Å². The molecule has 1 N–H and O–H groups in total. The normalized spacial score (nSPS) is 28.5. The third kappa shape index (κ3) is 4.75. The highest BCUT2D eigenvalue weighted by Crippen LogP contribution is 2.43. The highest BCUT2D eigenvalue weighted by Gasteiger charge is 2.44. The van der Waals surface area contributed by atoms with E-state index in [-0.39, 0.29) is 18.9 Å². The molecule has 0 aromatic rings. The SMILES string of the molecule is O=C(O)CC[C@@H]1CC[C@H](C2C=C(C(F)(F)F)C=C(C(F)(F)F)C2)O1. The molecule has 136 valence electrons. The molecular weight excluding hydrogens is 342 g/mol. The summed E-state index contributed by atoms with van der Waals surface area (Å²) < 4.78 is 82.7. The van der Waals surface area contributed by atoms with Gasteiger partial charge in [0.15, 0.2) is 0 Å². The first kappa shape index (κ1) is 18.8. The summed E-state index contributed by atoms with van der Waals surface area (Å²) >= 11 is 0. The van der Waals surface area contributed by atoms with E-state index in [1.54, 1.807) is 0 Å². The summed E-state index contributed by atoms with van der Waals surface area (Å²) in [4.78, 5) is 10.5. The molecule has 3 atom stereocenters. The molecular formula is C15H16F6O3. The van der Waals surface area contributed by atoms with Gasteiger partial charge in [0.2, 0.25) is 0 Å². The van der Waals surface area contributed by atoms with Crippen LogP contribution in [0.25, 0.3) is 0 Å². The molecule has 1 aliphatic carbocycles. The van der Waals surface area contributed by atoms with Crippen LogP contribution in [0.2, 0.25) is 0 Å². The van der Waals surface area contributed by atoms with Gasteiger partial charge in [-0.1, -0.05) is 6.08 Å². The summed E-state index contributed by atoms with van der Waals surface area (Å²) in [5, 5.41) is 8.61. The zero-order chi connectivity index (χ0) is 18.1. The average Bonchev–Trinajstić information content (AvgIpc) is 2.91. The number of carboxylic acids is 1. The van der Waals surface area contributed by atoms with E-state index in [2.05, 4.69) is 0 Å². The van der Waals surface area contributed by atoms with Crippen LogP contribution in [0, 0.1) is 5.92 Å². The van der Waals surface area contributed by atoms with Gasteiger partial charge in [0, 0.05) is 17.9 Å². The lowest BCUT2D eigenvalue weighted by atomic mass is 9.85. The predicted octanol–water partition coefficient (Wildman–Crippen LogP) is 4.40. The van der Waals surface area contributed by atoms with Crippen LogP contribution in [-0.2, 0) is 9.53 Å². The first-order valence-corrected chi connectivity index (χ1v) is 7.41. The zero-order valence-corrected chi connectivity index (χ0v) is 12.5. The minimum atomic E-state index is -4.86. The number of hydrogen-bond acceptors (Lipinski definition) is 2. The van der Waals surface area contributed by atoms with Crippen molar-refractivity contribution in [2.45, 2.75) is 56.7 Å². The Hall–Kier alpha value is -1.51. The lowest BCUT2D eigenvalue weighted by Crippen LogP contribution is -2.28. The fourth-order valence-electron chi connectivity index (χ4n) is 3.00. The van der Waals surface area contributed by atoms with Crippen molar-refractivity contribution in [3.05, 3.63) is 23.3 Å². The van der Waals surface area contributed by atoms with Crippen LogP contribution >= 0.6 is 0 Å². The number of ether oxygens (including phenoxy) is 1. The smallest absolute Gasteiger partial charge is 0.416 e. The molecule has 0 bridgehead atoms. The fraction of sp³-hybridized carbons (Fsp3) is 0.667. The van der Waals surface area contributed by atoms with Crippen LogP contribution in [0.15, 0.2) is 23.3 Å². The van der Waals surface area contributed by atoms with E-state index in [0.717, 1.165) is 6.08 Å². The van der Waals surface area contributed by atoms with E-state index >= 15 is 0 Å². The lowest BCUT2D eigenvalue weighted by molar-refractivity contribution is -0.138. The summed E-state index contributed by atoms with van der Waals surface area (Å²) in [5.74, 6) is -2.06. The second-order valence-corrected chi connectivity index (χ2v) is 5.96. The Morgan fingerprint density at radius 1 is 1.17 bits per heavy atom. The van der Waals surface area contributed by atoms with Gasteiger partial charge in [-0.15, -0.1) is 0 Å². The zero-order valence-electron chi connectivity index (χ0n) is 12.5. The number of carbonyl (C=O) groups is 1. The summed E-state index contributed by atoms with van der Waals surface area (Å²) in [6.45, 7) is 0. The topological polar surface area (TPSA) is 46.5 Å². The standard InChI is InChI=1S/C15H16F6O3/c16-14(17,18)9-5-8(6-10(7-9)15(19,20)21)12-3-1-11(24-12)2-4-13(22)23/h5,7-8,11-12H,1-4,6H2,(H,22,23)/t8?,11-,12+/m0/s1. The van der Waals surface area contributed by atoms with E-state index in [1.807, 2.05) is 0 Å². The monoisotopic (exact) mass is 358 g/mol. The second kappa shape index (κ2) is 6.78. The van der Waals surface area contributed by atoms with Gasteiger partial charge in [-0.3, -0.25) is 4.79 Å². The molecule has 0 aromatic carbocycles. The molecule has 1 saturated heterocycles. The highest BCUT2D eigenvalue weighted by molar-refractivity contribution is 5.66. The van der Waals surface area contributed by atoms with Crippen LogP contribution in [0.3, 0.4) is 0 Å². The molecule has 0 radical (unpaired) electrons.